The van der Waals surface area contributed by atoms with Gasteiger partial charge in [0, 0.05) is 12.5 Å². The van der Waals surface area contributed by atoms with Crippen molar-refractivity contribution in [3.63, 3.8) is 0 Å². The van der Waals surface area contributed by atoms with Gasteiger partial charge in [-0.3, -0.25) is 4.79 Å². The topological polar surface area (TPSA) is 70.8 Å². The Morgan fingerprint density at radius 2 is 2.00 bits per heavy atom. The van der Waals surface area contributed by atoms with Crippen LogP contribution in [0.15, 0.2) is 18.2 Å². The lowest BCUT2D eigenvalue weighted by Gasteiger charge is -2.19. The Bertz CT molecular complexity index is 452. The van der Waals surface area contributed by atoms with Gasteiger partial charge in [0.15, 0.2) is 0 Å². The molecule has 1 aromatic rings. The Hall–Kier alpha value is -1.91. The third kappa shape index (κ3) is 5.82. The molecule has 1 aromatic carbocycles. The molecule has 0 radical (unpaired) electrons. The average Bonchev–Trinajstić information content (AvgIpc) is 2.34. The monoisotopic (exact) mass is 281 g/mol. The van der Waals surface area contributed by atoms with E-state index in [1.807, 2.05) is 20.8 Å². The van der Waals surface area contributed by atoms with Crippen LogP contribution in [-0.4, -0.2) is 25.3 Å². The molecule has 0 fully saturated rings. The van der Waals surface area contributed by atoms with Gasteiger partial charge >= 0.3 is 5.97 Å². The third-order valence-corrected chi connectivity index (χ3v) is 2.42. The molecule has 0 unspecified atom stereocenters. The van der Waals surface area contributed by atoms with E-state index in [4.69, 9.17) is 19.9 Å². The number of hydrogen-bond donors (Lipinski definition) is 1. The molecule has 20 heavy (non-hydrogen) atoms. The van der Waals surface area contributed by atoms with Gasteiger partial charge in [-0.2, -0.15) is 0 Å². The van der Waals surface area contributed by atoms with Crippen molar-refractivity contribution in [2.75, 3.05) is 19.5 Å². The van der Waals surface area contributed by atoms with Crippen molar-refractivity contribution < 1.29 is 19.0 Å². The number of benzene rings is 1. The second kappa shape index (κ2) is 7.03. The highest BCUT2D eigenvalue weighted by atomic mass is 16.6. The largest absolute Gasteiger partial charge is 0.494 e. The zero-order valence-electron chi connectivity index (χ0n) is 12.6. The van der Waals surface area contributed by atoms with Crippen LogP contribution in [0.25, 0.3) is 0 Å². The zero-order valence-corrected chi connectivity index (χ0v) is 12.6. The highest BCUT2D eigenvalue weighted by molar-refractivity contribution is 5.69. The summed E-state index contributed by atoms with van der Waals surface area (Å²) in [6.07, 6.45) is 0.935. The van der Waals surface area contributed by atoms with Crippen LogP contribution >= 0.6 is 0 Å². The number of carbonyl (C=O) groups excluding carboxylic acids is 1. The summed E-state index contributed by atoms with van der Waals surface area (Å²) in [5.74, 6) is 1.03. The molecule has 0 atom stereocenters. The lowest BCUT2D eigenvalue weighted by Crippen LogP contribution is -2.23. The second-order valence-corrected chi connectivity index (χ2v) is 5.44. The van der Waals surface area contributed by atoms with Crippen LogP contribution in [0.2, 0.25) is 0 Å². The van der Waals surface area contributed by atoms with Gasteiger partial charge < -0.3 is 19.9 Å². The van der Waals surface area contributed by atoms with Crippen LogP contribution in [0.1, 0.15) is 33.6 Å². The average molecular weight is 281 g/mol. The lowest BCUT2D eigenvalue weighted by molar-refractivity contribution is -0.155. The summed E-state index contributed by atoms with van der Waals surface area (Å²) in [6, 6.07) is 5.22. The number of hydrogen-bond acceptors (Lipinski definition) is 5. The van der Waals surface area contributed by atoms with Crippen LogP contribution in [0.3, 0.4) is 0 Å². The molecule has 112 valence electrons. The molecule has 0 aliphatic heterocycles. The summed E-state index contributed by atoms with van der Waals surface area (Å²) < 4.78 is 15.9. The first-order valence-electron chi connectivity index (χ1n) is 6.60. The number of nitrogen functional groups attached to an aromatic ring is 1. The van der Waals surface area contributed by atoms with Crippen molar-refractivity contribution in [1.29, 1.82) is 0 Å². The molecule has 0 aliphatic carbocycles. The Morgan fingerprint density at radius 3 is 2.60 bits per heavy atom. The predicted molar refractivity (Wildman–Crippen MR) is 78.0 cm³/mol. The Kier molecular flexibility index (Phi) is 5.67. The van der Waals surface area contributed by atoms with E-state index in [1.165, 1.54) is 0 Å². The lowest BCUT2D eigenvalue weighted by atomic mass is 10.2. The Balaban J connectivity index is 2.33. The summed E-state index contributed by atoms with van der Waals surface area (Å²) in [4.78, 5) is 11.5. The van der Waals surface area contributed by atoms with Gasteiger partial charge in [-0.05, 0) is 39.3 Å². The molecular weight excluding hydrogens is 258 g/mol. The van der Waals surface area contributed by atoms with E-state index in [2.05, 4.69) is 0 Å². The van der Waals surface area contributed by atoms with Crippen LogP contribution in [0.4, 0.5) is 5.69 Å². The van der Waals surface area contributed by atoms with Gasteiger partial charge in [0.1, 0.15) is 17.1 Å². The number of carbonyl (C=O) groups is 1. The standard InChI is InChI=1S/C15H23NO4/c1-15(2,3)20-14(17)6-5-9-19-11-7-8-12(16)13(10-11)18-4/h7-8,10H,5-6,9,16H2,1-4H3. The van der Waals surface area contributed by atoms with Gasteiger partial charge in [-0.1, -0.05) is 0 Å². The number of rotatable bonds is 6. The van der Waals surface area contributed by atoms with Gasteiger partial charge in [-0.15, -0.1) is 0 Å². The van der Waals surface area contributed by atoms with E-state index in [-0.39, 0.29) is 5.97 Å². The molecule has 0 spiro atoms. The van der Waals surface area contributed by atoms with Gasteiger partial charge in [0.2, 0.25) is 0 Å². The summed E-state index contributed by atoms with van der Waals surface area (Å²) in [7, 11) is 1.55. The molecule has 0 bridgehead atoms. The number of nitrogens with two attached hydrogens (primary N) is 1. The van der Waals surface area contributed by atoms with E-state index in [9.17, 15) is 4.79 Å². The van der Waals surface area contributed by atoms with Gasteiger partial charge in [-0.25, -0.2) is 0 Å². The van der Waals surface area contributed by atoms with Crippen molar-refractivity contribution in [2.24, 2.45) is 0 Å². The summed E-state index contributed by atoms with van der Waals surface area (Å²) in [6.45, 7) is 5.98. The highest BCUT2D eigenvalue weighted by Gasteiger charge is 2.15. The fraction of sp³-hybridized carbons (Fsp3) is 0.533. The molecule has 0 amide bonds. The van der Waals surface area contributed by atoms with E-state index in [1.54, 1.807) is 25.3 Å². The first-order chi connectivity index (χ1) is 9.31. The summed E-state index contributed by atoms with van der Waals surface area (Å²) in [5, 5.41) is 0. The number of anilines is 1. The van der Waals surface area contributed by atoms with Crippen molar-refractivity contribution >= 4 is 11.7 Å². The molecule has 5 nitrogen and oxygen atoms in total. The molecule has 0 heterocycles. The molecule has 0 aromatic heterocycles. The molecule has 0 aliphatic rings. The fourth-order valence-electron chi connectivity index (χ4n) is 1.58. The predicted octanol–water partition coefficient (Wildman–Crippen LogP) is 2.78. The minimum absolute atomic E-state index is 0.212. The maximum atomic E-state index is 11.5. The number of esters is 1. The van der Waals surface area contributed by atoms with Crippen LogP contribution in [-0.2, 0) is 9.53 Å². The summed E-state index contributed by atoms with van der Waals surface area (Å²) >= 11 is 0. The van der Waals surface area contributed by atoms with Crippen molar-refractivity contribution in [2.45, 2.75) is 39.2 Å². The summed E-state index contributed by atoms with van der Waals surface area (Å²) in [5.41, 5.74) is 5.83. The minimum Gasteiger partial charge on any atom is -0.494 e. The Labute approximate surface area is 120 Å². The van der Waals surface area contributed by atoms with Crippen molar-refractivity contribution in [1.82, 2.24) is 0 Å². The SMILES string of the molecule is COc1cc(OCCCC(=O)OC(C)(C)C)ccc1N. The first kappa shape index (κ1) is 16.1. The maximum absolute atomic E-state index is 11.5. The van der Waals surface area contributed by atoms with E-state index < -0.39 is 5.60 Å². The number of methoxy groups -OCH3 is 1. The molecular formula is C15H23NO4. The van der Waals surface area contributed by atoms with Gasteiger partial charge in [0.25, 0.3) is 0 Å². The van der Waals surface area contributed by atoms with Crippen LogP contribution in [0.5, 0.6) is 11.5 Å². The highest BCUT2D eigenvalue weighted by Crippen LogP contribution is 2.26. The zero-order chi connectivity index (χ0) is 15.2. The maximum Gasteiger partial charge on any atom is 0.306 e. The van der Waals surface area contributed by atoms with E-state index in [0.29, 0.717) is 36.6 Å². The van der Waals surface area contributed by atoms with E-state index >= 15 is 0 Å². The Morgan fingerprint density at radius 1 is 1.30 bits per heavy atom. The molecule has 1 rings (SSSR count). The first-order valence-corrected chi connectivity index (χ1v) is 6.60. The number of ether oxygens (including phenoxy) is 3. The molecule has 0 saturated heterocycles. The quantitative estimate of drug-likeness (QED) is 0.493. The van der Waals surface area contributed by atoms with E-state index in [0.717, 1.165) is 0 Å². The second-order valence-electron chi connectivity index (χ2n) is 5.44. The van der Waals surface area contributed by atoms with Crippen molar-refractivity contribution in [3.05, 3.63) is 18.2 Å². The normalized spacial score (nSPS) is 11.0. The van der Waals surface area contributed by atoms with Crippen LogP contribution < -0.4 is 15.2 Å². The molecule has 5 heteroatoms. The van der Waals surface area contributed by atoms with Crippen LogP contribution in [0, 0.1) is 0 Å². The molecule has 2 N–H and O–H groups in total. The third-order valence-electron chi connectivity index (χ3n) is 2.42. The van der Waals surface area contributed by atoms with Crippen molar-refractivity contribution in [3.8, 4) is 11.5 Å². The molecule has 0 saturated carbocycles. The smallest absolute Gasteiger partial charge is 0.306 e. The minimum atomic E-state index is -0.442. The van der Waals surface area contributed by atoms with Gasteiger partial charge in [0.05, 0.1) is 19.4 Å². The fourth-order valence-corrected chi connectivity index (χ4v) is 1.58.